The van der Waals surface area contributed by atoms with Crippen LogP contribution in [0.15, 0.2) is 28.7 Å². The zero-order chi connectivity index (χ0) is 16.2. The maximum Gasteiger partial charge on any atom is 0.371 e. The summed E-state index contributed by atoms with van der Waals surface area (Å²) in [5.74, 6) is 0.332. The average Bonchev–Trinajstić information content (AvgIpc) is 3.04. The minimum absolute atomic E-state index is 0.0519. The van der Waals surface area contributed by atoms with Crippen molar-refractivity contribution in [3.8, 4) is 5.75 Å². The lowest BCUT2D eigenvalue weighted by atomic mass is 9.86. The van der Waals surface area contributed by atoms with E-state index in [1.807, 2.05) is 0 Å². The largest absolute Gasteiger partial charge is 0.485 e. The molecular weight excluding hydrogens is 292 g/mol. The summed E-state index contributed by atoms with van der Waals surface area (Å²) in [6.07, 6.45) is 6.89. The maximum absolute atomic E-state index is 10.8. The van der Waals surface area contributed by atoms with Gasteiger partial charge in [0.15, 0.2) is 0 Å². The number of ether oxygens (including phenoxy) is 1. The fourth-order valence-electron chi connectivity index (χ4n) is 3.27. The predicted octanol–water partition coefficient (Wildman–Crippen LogP) is 4.39. The molecule has 0 atom stereocenters. The quantitative estimate of drug-likeness (QED) is 0.859. The van der Waals surface area contributed by atoms with Crippen molar-refractivity contribution in [1.29, 1.82) is 0 Å². The highest BCUT2D eigenvalue weighted by molar-refractivity contribution is 5.84. The Morgan fingerprint density at radius 1 is 1.17 bits per heavy atom. The Balaban J connectivity index is 1.78. The van der Waals surface area contributed by atoms with Gasteiger partial charge in [-0.3, -0.25) is 0 Å². The highest BCUT2D eigenvalue weighted by Gasteiger charge is 2.18. The van der Waals surface area contributed by atoms with Gasteiger partial charge in [-0.2, -0.15) is 0 Å². The van der Waals surface area contributed by atoms with Gasteiger partial charge in [0, 0.05) is 0 Å². The van der Waals surface area contributed by atoms with Crippen LogP contribution in [0.5, 0.6) is 5.75 Å². The molecule has 0 saturated carbocycles. The van der Waals surface area contributed by atoms with Crippen molar-refractivity contribution in [1.82, 2.24) is 0 Å². The number of rotatable bonds is 6. The monoisotopic (exact) mass is 314 g/mol. The molecule has 1 heterocycles. The topological polar surface area (TPSA) is 59.7 Å². The molecule has 0 spiro atoms. The molecule has 1 aliphatic carbocycles. The Hall–Kier alpha value is -2.23. The molecule has 4 heteroatoms. The van der Waals surface area contributed by atoms with Crippen LogP contribution >= 0.6 is 0 Å². The van der Waals surface area contributed by atoms with E-state index in [1.54, 1.807) is 6.07 Å². The predicted molar refractivity (Wildman–Crippen MR) is 87.1 cm³/mol. The average molecular weight is 314 g/mol. The number of aromatic carboxylic acids is 1. The van der Waals surface area contributed by atoms with E-state index < -0.39 is 5.97 Å². The summed E-state index contributed by atoms with van der Waals surface area (Å²) < 4.78 is 11.2. The van der Waals surface area contributed by atoms with Gasteiger partial charge in [-0.1, -0.05) is 19.4 Å². The minimum atomic E-state index is -1.06. The van der Waals surface area contributed by atoms with Crippen molar-refractivity contribution in [2.45, 2.75) is 52.1 Å². The molecule has 0 saturated heterocycles. The van der Waals surface area contributed by atoms with E-state index in [9.17, 15) is 4.79 Å². The molecule has 0 bridgehead atoms. The van der Waals surface area contributed by atoms with E-state index in [0.29, 0.717) is 5.76 Å². The number of aryl methyl sites for hydroxylation is 1. The fourth-order valence-corrected chi connectivity index (χ4v) is 3.27. The summed E-state index contributed by atoms with van der Waals surface area (Å²) in [7, 11) is 0. The lowest BCUT2D eigenvalue weighted by Gasteiger charge is -2.22. The van der Waals surface area contributed by atoms with Gasteiger partial charge >= 0.3 is 5.97 Å². The third-order valence-electron chi connectivity index (χ3n) is 4.35. The van der Waals surface area contributed by atoms with Crippen LogP contribution in [0.1, 0.15) is 59.2 Å². The van der Waals surface area contributed by atoms with Crippen LogP contribution in [-0.4, -0.2) is 11.1 Å². The first kappa shape index (κ1) is 15.7. The molecule has 1 aromatic carbocycles. The van der Waals surface area contributed by atoms with Crippen molar-refractivity contribution < 1.29 is 19.1 Å². The van der Waals surface area contributed by atoms with E-state index in [1.165, 1.54) is 35.6 Å². The molecule has 23 heavy (non-hydrogen) atoms. The van der Waals surface area contributed by atoms with E-state index in [4.69, 9.17) is 14.3 Å². The molecule has 0 unspecified atom stereocenters. The molecule has 3 rings (SSSR count). The van der Waals surface area contributed by atoms with Crippen LogP contribution in [0.2, 0.25) is 0 Å². The molecule has 1 aliphatic rings. The van der Waals surface area contributed by atoms with Crippen LogP contribution in [0.4, 0.5) is 0 Å². The second-order valence-corrected chi connectivity index (χ2v) is 6.00. The summed E-state index contributed by atoms with van der Waals surface area (Å²) in [5, 5.41) is 8.89. The molecule has 1 aromatic heterocycles. The van der Waals surface area contributed by atoms with Crippen LogP contribution in [-0.2, 0) is 25.9 Å². The number of benzene rings is 1. The molecule has 0 amide bonds. The number of hydrogen-bond donors (Lipinski definition) is 1. The molecule has 0 fully saturated rings. The van der Waals surface area contributed by atoms with Crippen molar-refractivity contribution in [3.63, 3.8) is 0 Å². The summed E-state index contributed by atoms with van der Waals surface area (Å²) in [6.45, 7) is 2.46. The van der Waals surface area contributed by atoms with Gasteiger partial charge in [0.2, 0.25) is 5.76 Å². The lowest BCUT2D eigenvalue weighted by molar-refractivity contribution is 0.0658. The highest BCUT2D eigenvalue weighted by atomic mass is 16.5. The summed E-state index contributed by atoms with van der Waals surface area (Å²) >= 11 is 0. The van der Waals surface area contributed by atoms with Gasteiger partial charge in [0.25, 0.3) is 0 Å². The number of fused-ring (bicyclic) bond motifs is 1. The van der Waals surface area contributed by atoms with E-state index in [-0.39, 0.29) is 12.4 Å². The molecule has 122 valence electrons. The Bertz CT molecular complexity index is 699. The first-order valence-electron chi connectivity index (χ1n) is 8.27. The van der Waals surface area contributed by atoms with Gasteiger partial charge in [-0.15, -0.1) is 0 Å². The molecule has 2 aromatic rings. The SMILES string of the molecule is CCCc1ccc(OCc2ccc(C(=O)O)o2)c2c1CCCC2. The second-order valence-electron chi connectivity index (χ2n) is 6.00. The van der Waals surface area contributed by atoms with Crippen molar-refractivity contribution in [2.24, 2.45) is 0 Å². The van der Waals surface area contributed by atoms with Crippen molar-refractivity contribution in [2.75, 3.05) is 0 Å². The van der Waals surface area contributed by atoms with Crippen molar-refractivity contribution in [3.05, 3.63) is 52.5 Å². The lowest BCUT2D eigenvalue weighted by Crippen LogP contribution is -2.09. The van der Waals surface area contributed by atoms with Crippen LogP contribution in [0, 0.1) is 0 Å². The number of hydrogen-bond acceptors (Lipinski definition) is 3. The smallest absolute Gasteiger partial charge is 0.371 e. The molecular formula is C19H22O4. The Morgan fingerprint density at radius 3 is 2.65 bits per heavy atom. The second kappa shape index (κ2) is 6.90. The normalized spacial score (nSPS) is 13.6. The molecule has 0 aliphatic heterocycles. The van der Waals surface area contributed by atoms with E-state index in [0.717, 1.165) is 31.4 Å². The van der Waals surface area contributed by atoms with Gasteiger partial charge in [-0.05, 0) is 67.0 Å². The van der Waals surface area contributed by atoms with Gasteiger partial charge in [0.1, 0.15) is 18.1 Å². The number of furan rings is 1. The Labute approximate surface area is 136 Å². The van der Waals surface area contributed by atoms with Gasteiger partial charge < -0.3 is 14.3 Å². The van der Waals surface area contributed by atoms with Crippen LogP contribution < -0.4 is 4.74 Å². The first-order chi connectivity index (χ1) is 11.2. The zero-order valence-electron chi connectivity index (χ0n) is 13.4. The molecule has 4 nitrogen and oxygen atoms in total. The third kappa shape index (κ3) is 3.41. The molecule has 0 radical (unpaired) electrons. The highest BCUT2D eigenvalue weighted by Crippen LogP contribution is 2.33. The van der Waals surface area contributed by atoms with E-state index in [2.05, 4.69) is 19.1 Å². The first-order valence-corrected chi connectivity index (χ1v) is 8.27. The Kier molecular flexibility index (Phi) is 4.70. The Morgan fingerprint density at radius 2 is 1.96 bits per heavy atom. The minimum Gasteiger partial charge on any atom is -0.485 e. The van der Waals surface area contributed by atoms with Gasteiger partial charge in [0.05, 0.1) is 0 Å². The van der Waals surface area contributed by atoms with Crippen LogP contribution in [0.25, 0.3) is 0 Å². The summed E-state index contributed by atoms with van der Waals surface area (Å²) in [6, 6.07) is 7.34. The zero-order valence-corrected chi connectivity index (χ0v) is 13.4. The van der Waals surface area contributed by atoms with Crippen molar-refractivity contribution >= 4 is 5.97 Å². The third-order valence-corrected chi connectivity index (χ3v) is 4.35. The molecule has 1 N–H and O–H groups in total. The fraction of sp³-hybridized carbons (Fsp3) is 0.421. The van der Waals surface area contributed by atoms with Gasteiger partial charge in [-0.25, -0.2) is 4.79 Å². The van der Waals surface area contributed by atoms with Crippen LogP contribution in [0.3, 0.4) is 0 Å². The number of carboxylic acid groups (broad SMARTS) is 1. The number of carbonyl (C=O) groups is 1. The standard InChI is InChI=1S/C19H22O4/c1-2-5-13-8-10-17(16-7-4-3-6-15(13)16)22-12-14-9-11-18(23-14)19(20)21/h8-11H,2-7,12H2,1H3,(H,20,21). The summed E-state index contributed by atoms with van der Waals surface area (Å²) in [4.78, 5) is 10.8. The summed E-state index contributed by atoms with van der Waals surface area (Å²) in [5.41, 5.74) is 4.23. The number of carboxylic acids is 1. The van der Waals surface area contributed by atoms with E-state index >= 15 is 0 Å². The maximum atomic E-state index is 10.8.